The van der Waals surface area contributed by atoms with Crippen LogP contribution >= 0.6 is 0 Å². The summed E-state index contributed by atoms with van der Waals surface area (Å²) < 4.78 is 1.96. The first-order valence-electron chi connectivity index (χ1n) is 9.52. The van der Waals surface area contributed by atoms with Gasteiger partial charge in [0.15, 0.2) is 6.54 Å². The van der Waals surface area contributed by atoms with Gasteiger partial charge in [-0.05, 0) is 25.0 Å². The molecule has 7 nitrogen and oxygen atoms in total. The highest BCUT2D eigenvalue weighted by Gasteiger charge is 2.21. The number of anilines is 1. The number of hydrogen-bond donors (Lipinski definition) is 3. The molecule has 1 saturated carbocycles. The average molecular weight is 370 g/mol. The van der Waals surface area contributed by atoms with Gasteiger partial charge in [-0.25, -0.2) is 4.68 Å². The Hall–Kier alpha value is -2.67. The van der Waals surface area contributed by atoms with Gasteiger partial charge in [-0.3, -0.25) is 9.59 Å². The van der Waals surface area contributed by atoms with Gasteiger partial charge in [0, 0.05) is 24.2 Å². The summed E-state index contributed by atoms with van der Waals surface area (Å²) in [6, 6.07) is 9.74. The van der Waals surface area contributed by atoms with Gasteiger partial charge in [0.25, 0.3) is 11.8 Å². The average Bonchev–Trinajstić information content (AvgIpc) is 3.32. The van der Waals surface area contributed by atoms with E-state index in [0.29, 0.717) is 24.7 Å². The molecule has 1 aliphatic rings. The van der Waals surface area contributed by atoms with Crippen LogP contribution < -0.4 is 15.5 Å². The van der Waals surface area contributed by atoms with Crippen molar-refractivity contribution in [3.05, 3.63) is 47.7 Å². The smallest absolute Gasteiger partial charge is 0.280 e. The van der Waals surface area contributed by atoms with E-state index in [2.05, 4.69) is 15.7 Å². The van der Waals surface area contributed by atoms with E-state index in [1.54, 1.807) is 13.2 Å². The lowest BCUT2D eigenvalue weighted by Crippen LogP contribution is -3.08. The maximum Gasteiger partial charge on any atom is 0.280 e. The van der Waals surface area contributed by atoms with Crippen LogP contribution in [0.3, 0.4) is 0 Å². The fourth-order valence-corrected chi connectivity index (χ4v) is 3.64. The summed E-state index contributed by atoms with van der Waals surface area (Å²) in [6.07, 6.45) is 6.45. The SMILES string of the molecule is CNC(=O)c1ccc(C[NH+](C)CC(=O)Nc2ccnn2C2CCCC2)cc1. The van der Waals surface area contributed by atoms with Gasteiger partial charge < -0.3 is 15.5 Å². The lowest BCUT2D eigenvalue weighted by atomic mass is 10.1. The van der Waals surface area contributed by atoms with E-state index in [1.807, 2.05) is 42.1 Å². The zero-order valence-corrected chi connectivity index (χ0v) is 16.0. The van der Waals surface area contributed by atoms with Crippen LogP contribution in [0.2, 0.25) is 0 Å². The highest BCUT2D eigenvalue weighted by Crippen LogP contribution is 2.31. The van der Waals surface area contributed by atoms with Crippen molar-refractivity contribution in [2.24, 2.45) is 0 Å². The van der Waals surface area contributed by atoms with Gasteiger partial charge >= 0.3 is 0 Å². The van der Waals surface area contributed by atoms with Crippen molar-refractivity contribution in [3.8, 4) is 0 Å². The third-order valence-corrected chi connectivity index (χ3v) is 5.02. The van der Waals surface area contributed by atoms with Crippen LogP contribution in [-0.2, 0) is 11.3 Å². The molecule has 2 aromatic rings. The minimum absolute atomic E-state index is 0.0192. The molecule has 0 radical (unpaired) electrons. The number of carbonyl (C=O) groups is 2. The van der Waals surface area contributed by atoms with Crippen LogP contribution in [-0.4, -0.2) is 42.2 Å². The third kappa shape index (κ3) is 4.95. The van der Waals surface area contributed by atoms with E-state index in [9.17, 15) is 9.59 Å². The molecule has 1 aromatic carbocycles. The molecule has 27 heavy (non-hydrogen) atoms. The molecule has 0 saturated heterocycles. The van der Waals surface area contributed by atoms with Gasteiger partial charge in [-0.15, -0.1) is 0 Å². The standard InChI is InChI=1S/C20H27N5O2/c1-21-20(27)16-9-7-15(8-10-16)13-24(2)14-19(26)23-18-11-12-22-25(18)17-5-3-4-6-17/h7-12,17H,3-6,13-14H2,1-2H3,(H,21,27)(H,23,26)/p+1. The normalized spacial score (nSPS) is 15.5. The fourth-order valence-electron chi connectivity index (χ4n) is 3.64. The summed E-state index contributed by atoms with van der Waals surface area (Å²) in [6.45, 7) is 1.08. The van der Waals surface area contributed by atoms with Crippen LogP contribution in [0.5, 0.6) is 0 Å². The van der Waals surface area contributed by atoms with Crippen molar-refractivity contribution >= 4 is 17.6 Å². The van der Waals surface area contributed by atoms with Gasteiger partial charge in [0.2, 0.25) is 0 Å². The van der Waals surface area contributed by atoms with Crippen molar-refractivity contribution in [1.29, 1.82) is 0 Å². The Balaban J connectivity index is 1.52. The Morgan fingerprint density at radius 2 is 1.89 bits per heavy atom. The minimum atomic E-state index is -0.0968. The second-order valence-corrected chi connectivity index (χ2v) is 7.23. The van der Waals surface area contributed by atoms with E-state index >= 15 is 0 Å². The topological polar surface area (TPSA) is 80.5 Å². The van der Waals surface area contributed by atoms with Crippen LogP contribution in [0, 0.1) is 0 Å². The van der Waals surface area contributed by atoms with E-state index in [4.69, 9.17) is 0 Å². The molecule has 1 unspecified atom stereocenters. The van der Waals surface area contributed by atoms with E-state index in [1.165, 1.54) is 12.8 Å². The molecule has 0 bridgehead atoms. The molecule has 1 aromatic heterocycles. The van der Waals surface area contributed by atoms with Crippen molar-refractivity contribution in [1.82, 2.24) is 15.1 Å². The Bertz CT molecular complexity index is 778. The van der Waals surface area contributed by atoms with Crippen LogP contribution in [0.15, 0.2) is 36.5 Å². The number of aromatic nitrogens is 2. The monoisotopic (exact) mass is 370 g/mol. The van der Waals surface area contributed by atoms with Crippen LogP contribution in [0.4, 0.5) is 5.82 Å². The summed E-state index contributed by atoms with van der Waals surface area (Å²) >= 11 is 0. The zero-order chi connectivity index (χ0) is 19.2. The predicted molar refractivity (Wildman–Crippen MR) is 104 cm³/mol. The van der Waals surface area contributed by atoms with E-state index < -0.39 is 0 Å². The van der Waals surface area contributed by atoms with Crippen molar-refractivity contribution in [3.63, 3.8) is 0 Å². The summed E-state index contributed by atoms with van der Waals surface area (Å²) in [5.41, 5.74) is 1.72. The first kappa shape index (κ1) is 19.1. The Morgan fingerprint density at radius 1 is 1.19 bits per heavy atom. The number of rotatable bonds is 7. The maximum atomic E-state index is 12.4. The number of quaternary nitrogens is 1. The minimum Gasteiger partial charge on any atom is -0.355 e. The van der Waals surface area contributed by atoms with Crippen LogP contribution in [0.1, 0.15) is 47.6 Å². The number of nitrogens with zero attached hydrogens (tertiary/aromatic N) is 2. The van der Waals surface area contributed by atoms with Gasteiger partial charge in [0.1, 0.15) is 12.4 Å². The van der Waals surface area contributed by atoms with Crippen molar-refractivity contribution in [2.45, 2.75) is 38.3 Å². The molecular formula is C20H28N5O2+. The Labute approximate surface area is 159 Å². The molecule has 0 aliphatic heterocycles. The number of benzene rings is 1. The lowest BCUT2D eigenvalue weighted by Gasteiger charge is -2.16. The first-order valence-corrected chi connectivity index (χ1v) is 9.52. The molecule has 1 aliphatic carbocycles. The number of carbonyl (C=O) groups excluding carboxylic acids is 2. The largest absolute Gasteiger partial charge is 0.355 e. The molecular weight excluding hydrogens is 342 g/mol. The van der Waals surface area contributed by atoms with Gasteiger partial charge in [-0.1, -0.05) is 25.0 Å². The number of nitrogens with one attached hydrogen (secondary N) is 3. The molecule has 2 amide bonds. The Morgan fingerprint density at radius 3 is 2.56 bits per heavy atom. The summed E-state index contributed by atoms with van der Waals surface area (Å²) in [5.74, 6) is 0.671. The Kier molecular flexibility index (Phi) is 6.24. The highest BCUT2D eigenvalue weighted by atomic mass is 16.2. The van der Waals surface area contributed by atoms with Gasteiger partial charge in [0.05, 0.1) is 19.3 Å². The zero-order valence-electron chi connectivity index (χ0n) is 16.0. The summed E-state index contributed by atoms with van der Waals surface area (Å²) in [4.78, 5) is 25.1. The number of likely N-dealkylation sites (N-methyl/N-ethyl adjacent to an activating group) is 1. The van der Waals surface area contributed by atoms with Crippen molar-refractivity contribution in [2.75, 3.05) is 26.0 Å². The molecule has 0 spiro atoms. The lowest BCUT2D eigenvalue weighted by molar-refractivity contribution is -0.885. The molecule has 1 fully saturated rings. The van der Waals surface area contributed by atoms with Crippen molar-refractivity contribution < 1.29 is 14.5 Å². The third-order valence-electron chi connectivity index (χ3n) is 5.02. The van der Waals surface area contributed by atoms with E-state index in [0.717, 1.165) is 29.1 Å². The van der Waals surface area contributed by atoms with E-state index in [-0.39, 0.29) is 11.8 Å². The summed E-state index contributed by atoms with van der Waals surface area (Å²) in [7, 11) is 3.60. The highest BCUT2D eigenvalue weighted by molar-refractivity contribution is 5.94. The predicted octanol–water partition coefficient (Wildman–Crippen LogP) is 1.01. The molecule has 144 valence electrons. The molecule has 3 N–H and O–H groups in total. The second kappa shape index (κ2) is 8.81. The molecule has 1 atom stereocenters. The summed E-state index contributed by atoms with van der Waals surface area (Å²) in [5, 5.41) is 10.0. The number of amides is 2. The quantitative estimate of drug-likeness (QED) is 0.681. The molecule has 3 rings (SSSR count). The second-order valence-electron chi connectivity index (χ2n) is 7.23. The number of hydrogen-bond acceptors (Lipinski definition) is 3. The molecule has 1 heterocycles. The van der Waals surface area contributed by atoms with Gasteiger partial charge in [-0.2, -0.15) is 5.10 Å². The first-order chi connectivity index (χ1) is 13.1. The maximum absolute atomic E-state index is 12.4. The fraction of sp³-hybridized carbons (Fsp3) is 0.450. The molecule has 7 heteroatoms. The van der Waals surface area contributed by atoms with Crippen LogP contribution in [0.25, 0.3) is 0 Å².